The second kappa shape index (κ2) is 9.71. The number of carbonyl (C=O) groups excluding carboxylic acids is 2. The lowest BCUT2D eigenvalue weighted by atomic mass is 9.85. The van der Waals surface area contributed by atoms with E-state index in [9.17, 15) is 19.9 Å². The number of hydrogen-bond acceptors (Lipinski definition) is 6. The van der Waals surface area contributed by atoms with Gasteiger partial charge in [0.1, 0.15) is 11.9 Å². The van der Waals surface area contributed by atoms with Crippen molar-refractivity contribution in [2.24, 2.45) is 0 Å². The summed E-state index contributed by atoms with van der Waals surface area (Å²) in [6.07, 6.45) is 1.38. The standard InChI is InChI=1S/C24H27ClN4O5/c1-14-11-15(5-7-17(14)24(32)9-3-4-10-29(33)23(24)31)22(30)28-20(13-34-2)21-26-18-8-6-16(25)12-19(18)27-21/h5-8,11-12,20,32-33H,3-4,9-10,13H2,1-2H3,(H,26,27)(H,28,30)/t20-,24?/m0/s1. The average Bonchev–Trinajstić information content (AvgIpc) is 3.18. The number of fused-ring (bicyclic) bond motifs is 1. The molecule has 4 rings (SSSR count). The number of halogens is 1. The third kappa shape index (κ3) is 4.65. The normalized spacial score (nSPS) is 19.8. The SMILES string of the molecule is COC[C@H](NC(=O)c1ccc(C2(O)CCCCN(O)C2=O)c(C)c1)c1nc2ccc(Cl)cc2[nH]1. The summed E-state index contributed by atoms with van der Waals surface area (Å²) in [7, 11) is 1.53. The highest BCUT2D eigenvalue weighted by atomic mass is 35.5. The average molecular weight is 487 g/mol. The number of aromatic nitrogens is 2. The number of benzene rings is 2. The van der Waals surface area contributed by atoms with Gasteiger partial charge in [-0.3, -0.25) is 14.8 Å². The highest BCUT2D eigenvalue weighted by molar-refractivity contribution is 6.31. The molecule has 0 bridgehead atoms. The van der Waals surface area contributed by atoms with E-state index in [4.69, 9.17) is 16.3 Å². The van der Waals surface area contributed by atoms with Gasteiger partial charge in [0.25, 0.3) is 11.8 Å². The number of aliphatic hydroxyl groups is 1. The molecule has 0 spiro atoms. The fourth-order valence-electron chi connectivity index (χ4n) is 4.35. The highest BCUT2D eigenvalue weighted by Crippen LogP contribution is 2.34. The molecule has 1 fully saturated rings. The third-order valence-corrected chi connectivity index (χ3v) is 6.35. The van der Waals surface area contributed by atoms with Gasteiger partial charge in [-0.2, -0.15) is 0 Å². The first-order valence-corrected chi connectivity index (χ1v) is 11.4. The van der Waals surface area contributed by atoms with Gasteiger partial charge in [0.05, 0.1) is 17.6 Å². The van der Waals surface area contributed by atoms with Gasteiger partial charge in [-0.1, -0.05) is 17.7 Å². The molecule has 0 radical (unpaired) electrons. The molecule has 4 N–H and O–H groups in total. The summed E-state index contributed by atoms with van der Waals surface area (Å²) in [6, 6.07) is 9.48. The number of hydroxylamine groups is 2. The van der Waals surface area contributed by atoms with E-state index in [0.717, 1.165) is 5.52 Å². The van der Waals surface area contributed by atoms with Gasteiger partial charge in [-0.05, 0) is 67.6 Å². The first-order chi connectivity index (χ1) is 16.2. The van der Waals surface area contributed by atoms with Crippen LogP contribution in [0.2, 0.25) is 5.02 Å². The fraction of sp³-hybridized carbons (Fsp3) is 0.375. The van der Waals surface area contributed by atoms with E-state index in [1.54, 1.807) is 43.3 Å². The van der Waals surface area contributed by atoms with Crippen LogP contribution in [0.1, 0.15) is 52.6 Å². The molecule has 0 saturated carbocycles. The lowest BCUT2D eigenvalue weighted by Gasteiger charge is -2.29. The summed E-state index contributed by atoms with van der Waals surface area (Å²) >= 11 is 6.05. The van der Waals surface area contributed by atoms with Crippen LogP contribution in [-0.4, -0.2) is 57.4 Å². The van der Waals surface area contributed by atoms with Crippen LogP contribution in [0.25, 0.3) is 11.0 Å². The van der Waals surface area contributed by atoms with Crippen LogP contribution in [0.15, 0.2) is 36.4 Å². The maximum atomic E-state index is 13.1. The molecule has 1 aromatic heterocycles. The Balaban J connectivity index is 1.58. The predicted octanol–water partition coefficient (Wildman–Crippen LogP) is 3.23. The summed E-state index contributed by atoms with van der Waals surface area (Å²) in [5.74, 6) is -0.587. The molecule has 2 amide bonds. The number of methoxy groups -OCH3 is 1. The Morgan fingerprint density at radius 3 is 2.85 bits per heavy atom. The molecule has 2 heterocycles. The second-order valence-electron chi connectivity index (χ2n) is 8.54. The summed E-state index contributed by atoms with van der Waals surface area (Å²) in [5.41, 5.74) is 0.926. The first-order valence-electron chi connectivity index (χ1n) is 11.0. The number of nitrogens with zero attached hydrogens (tertiary/aromatic N) is 2. The Labute approximate surface area is 201 Å². The van der Waals surface area contributed by atoms with E-state index < -0.39 is 17.6 Å². The number of imidazole rings is 1. The molecule has 3 aromatic rings. The number of nitrogens with one attached hydrogen (secondary N) is 2. The Hall–Kier alpha value is -2.98. The number of carbonyl (C=O) groups is 2. The van der Waals surface area contributed by atoms with Gasteiger partial charge < -0.3 is 20.1 Å². The van der Waals surface area contributed by atoms with Crippen molar-refractivity contribution in [3.63, 3.8) is 0 Å². The molecule has 1 aliphatic rings. The van der Waals surface area contributed by atoms with E-state index in [-0.39, 0.29) is 25.5 Å². The zero-order valence-electron chi connectivity index (χ0n) is 19.0. The van der Waals surface area contributed by atoms with Crippen LogP contribution in [0, 0.1) is 6.92 Å². The maximum Gasteiger partial charge on any atom is 0.282 e. The Kier molecular flexibility index (Phi) is 6.90. The van der Waals surface area contributed by atoms with Crippen molar-refractivity contribution in [1.82, 2.24) is 20.3 Å². The summed E-state index contributed by atoms with van der Waals surface area (Å²) in [5, 5.41) is 25.1. The molecular formula is C24H27ClN4O5. The van der Waals surface area contributed by atoms with Crippen molar-refractivity contribution in [2.45, 2.75) is 37.8 Å². The molecule has 0 aliphatic carbocycles. The summed E-state index contributed by atoms with van der Waals surface area (Å²) in [4.78, 5) is 33.4. The highest BCUT2D eigenvalue weighted by Gasteiger charge is 2.43. The molecular weight excluding hydrogens is 460 g/mol. The Morgan fingerprint density at radius 1 is 1.32 bits per heavy atom. The first kappa shape index (κ1) is 24.2. The predicted molar refractivity (Wildman–Crippen MR) is 126 cm³/mol. The van der Waals surface area contributed by atoms with Crippen molar-refractivity contribution in [2.75, 3.05) is 20.3 Å². The summed E-state index contributed by atoms with van der Waals surface area (Å²) in [6.45, 7) is 2.09. The molecule has 1 unspecified atom stereocenters. The minimum atomic E-state index is -1.83. The van der Waals surface area contributed by atoms with Gasteiger partial charge >= 0.3 is 0 Å². The van der Waals surface area contributed by atoms with E-state index in [0.29, 0.717) is 51.0 Å². The smallest absolute Gasteiger partial charge is 0.282 e. The van der Waals surface area contributed by atoms with Crippen LogP contribution in [0.4, 0.5) is 0 Å². The van der Waals surface area contributed by atoms with E-state index >= 15 is 0 Å². The van der Waals surface area contributed by atoms with E-state index in [2.05, 4.69) is 15.3 Å². The van der Waals surface area contributed by atoms with Crippen LogP contribution in [-0.2, 0) is 15.1 Å². The molecule has 34 heavy (non-hydrogen) atoms. The van der Waals surface area contributed by atoms with Crippen LogP contribution in [0.3, 0.4) is 0 Å². The van der Waals surface area contributed by atoms with Gasteiger partial charge in [0.2, 0.25) is 0 Å². The quantitative estimate of drug-likeness (QED) is 0.396. The van der Waals surface area contributed by atoms with Crippen molar-refractivity contribution in [1.29, 1.82) is 0 Å². The second-order valence-corrected chi connectivity index (χ2v) is 8.98. The monoisotopic (exact) mass is 486 g/mol. The van der Waals surface area contributed by atoms with E-state index in [1.165, 1.54) is 7.11 Å². The zero-order valence-corrected chi connectivity index (χ0v) is 19.7. The van der Waals surface area contributed by atoms with Crippen LogP contribution >= 0.6 is 11.6 Å². The number of aromatic amines is 1. The minimum Gasteiger partial charge on any atom is -0.382 e. The van der Waals surface area contributed by atoms with Gasteiger partial charge in [0.15, 0.2) is 5.60 Å². The Bertz CT molecular complexity index is 1230. The maximum absolute atomic E-state index is 13.1. The Morgan fingerprint density at radius 2 is 2.12 bits per heavy atom. The fourth-order valence-corrected chi connectivity index (χ4v) is 4.52. The largest absolute Gasteiger partial charge is 0.382 e. The van der Waals surface area contributed by atoms with Gasteiger partial charge in [-0.25, -0.2) is 10.0 Å². The minimum absolute atomic E-state index is 0.176. The van der Waals surface area contributed by atoms with Gasteiger partial charge in [-0.15, -0.1) is 0 Å². The van der Waals surface area contributed by atoms with Crippen molar-refractivity contribution in [3.8, 4) is 0 Å². The number of aryl methyl sites for hydroxylation is 1. The lowest BCUT2D eigenvalue weighted by Crippen LogP contribution is -2.44. The number of ether oxygens (including phenoxy) is 1. The lowest BCUT2D eigenvalue weighted by molar-refractivity contribution is -0.184. The molecule has 10 heteroatoms. The molecule has 9 nitrogen and oxygen atoms in total. The molecule has 1 aliphatic heterocycles. The summed E-state index contributed by atoms with van der Waals surface area (Å²) < 4.78 is 5.28. The van der Waals surface area contributed by atoms with Crippen molar-refractivity contribution < 1.29 is 24.6 Å². The number of rotatable bonds is 6. The van der Waals surface area contributed by atoms with Crippen LogP contribution < -0.4 is 5.32 Å². The zero-order chi connectivity index (χ0) is 24.5. The number of amides is 2. The number of H-pyrrole nitrogens is 1. The van der Waals surface area contributed by atoms with Crippen molar-refractivity contribution in [3.05, 3.63) is 63.9 Å². The molecule has 2 atom stereocenters. The van der Waals surface area contributed by atoms with Crippen molar-refractivity contribution >= 4 is 34.4 Å². The molecule has 2 aromatic carbocycles. The van der Waals surface area contributed by atoms with Gasteiger partial charge in [0, 0.05) is 24.2 Å². The van der Waals surface area contributed by atoms with E-state index in [1.807, 2.05) is 0 Å². The van der Waals surface area contributed by atoms with Crippen LogP contribution in [0.5, 0.6) is 0 Å². The molecule has 180 valence electrons. The topological polar surface area (TPSA) is 128 Å². The molecule has 1 saturated heterocycles. The number of hydrogen-bond donors (Lipinski definition) is 4. The third-order valence-electron chi connectivity index (χ3n) is 6.11.